The maximum Gasteiger partial charge on any atom is 0.312 e. The Labute approximate surface area is 144 Å². The average Bonchev–Trinajstić information content (AvgIpc) is 2.58. The van der Waals surface area contributed by atoms with Crippen molar-refractivity contribution in [2.75, 3.05) is 13.1 Å². The zero-order valence-corrected chi connectivity index (χ0v) is 14.7. The van der Waals surface area contributed by atoms with E-state index >= 15 is 0 Å². The third-order valence-electron chi connectivity index (χ3n) is 4.84. The number of likely N-dealkylation sites (tertiary alicyclic amines) is 1. The Kier molecular flexibility index (Phi) is 6.64. The lowest BCUT2D eigenvalue weighted by Gasteiger charge is -2.35. The second kappa shape index (κ2) is 8.71. The molecule has 1 aliphatic rings. The molecule has 0 spiro atoms. The van der Waals surface area contributed by atoms with Gasteiger partial charge in [0.1, 0.15) is 6.04 Å². The van der Waals surface area contributed by atoms with Gasteiger partial charge < -0.3 is 16.0 Å². The summed E-state index contributed by atoms with van der Waals surface area (Å²) in [6.45, 7) is 5.38. The second-order valence-corrected chi connectivity index (χ2v) is 7.02. The van der Waals surface area contributed by atoms with Crippen LogP contribution in [0.2, 0.25) is 0 Å². The second-order valence-electron chi connectivity index (χ2n) is 7.02. The van der Waals surface area contributed by atoms with Crippen molar-refractivity contribution in [1.29, 1.82) is 0 Å². The largest absolute Gasteiger partial charge is 0.352 e. The van der Waals surface area contributed by atoms with Crippen LogP contribution >= 0.6 is 0 Å². The lowest BCUT2D eigenvalue weighted by molar-refractivity contribution is -0.135. The van der Waals surface area contributed by atoms with Gasteiger partial charge in [0.15, 0.2) is 0 Å². The highest BCUT2D eigenvalue weighted by molar-refractivity contribution is 5.86. The van der Waals surface area contributed by atoms with Gasteiger partial charge >= 0.3 is 6.03 Å². The Morgan fingerprint density at radius 2 is 1.83 bits per heavy atom. The van der Waals surface area contributed by atoms with Gasteiger partial charge in [-0.2, -0.15) is 0 Å². The maximum atomic E-state index is 12.6. The minimum Gasteiger partial charge on any atom is -0.352 e. The van der Waals surface area contributed by atoms with Gasteiger partial charge in [-0.25, -0.2) is 4.79 Å². The summed E-state index contributed by atoms with van der Waals surface area (Å²) in [6, 6.07) is 9.37. The lowest BCUT2D eigenvalue weighted by Crippen LogP contribution is -2.54. The van der Waals surface area contributed by atoms with Crippen LogP contribution in [-0.2, 0) is 11.2 Å². The summed E-state index contributed by atoms with van der Waals surface area (Å²) < 4.78 is 0. The molecule has 1 fully saturated rings. The topological polar surface area (TPSA) is 75.4 Å². The number of urea groups is 1. The fourth-order valence-corrected chi connectivity index (χ4v) is 3.32. The number of nitrogens with one attached hydrogen (secondary N) is 1. The van der Waals surface area contributed by atoms with Crippen LogP contribution in [0, 0.1) is 11.8 Å². The van der Waals surface area contributed by atoms with Crippen molar-refractivity contribution in [3.05, 3.63) is 35.9 Å². The normalized spacial score (nSPS) is 16.9. The van der Waals surface area contributed by atoms with E-state index in [1.165, 1.54) is 12.0 Å². The van der Waals surface area contributed by atoms with Crippen molar-refractivity contribution >= 4 is 11.9 Å². The highest BCUT2D eigenvalue weighted by Crippen LogP contribution is 2.23. The fraction of sp³-hybridized carbons (Fsp3) is 0.579. The van der Waals surface area contributed by atoms with Gasteiger partial charge in [0.25, 0.3) is 0 Å². The zero-order valence-electron chi connectivity index (χ0n) is 14.7. The first-order valence-corrected chi connectivity index (χ1v) is 8.86. The molecule has 0 radical (unpaired) electrons. The standard InChI is InChI=1S/C19H29N3O2/c1-14(2)17(21-19(20)24)18(23)22-12-10-16(11-13-22)9-8-15-6-4-3-5-7-15/h3-7,14,16-17H,8-13H2,1-2H3,(H3,20,21,24). The van der Waals surface area contributed by atoms with Crippen molar-refractivity contribution in [2.45, 2.75) is 45.6 Å². The van der Waals surface area contributed by atoms with Crippen LogP contribution in [0.5, 0.6) is 0 Å². The molecule has 0 aliphatic carbocycles. The summed E-state index contributed by atoms with van der Waals surface area (Å²) in [5, 5.41) is 2.58. The van der Waals surface area contributed by atoms with Gasteiger partial charge in [-0.3, -0.25) is 4.79 Å². The molecule has 5 heteroatoms. The predicted molar refractivity (Wildman–Crippen MR) is 95.4 cm³/mol. The van der Waals surface area contributed by atoms with Gasteiger partial charge in [0, 0.05) is 13.1 Å². The molecular weight excluding hydrogens is 302 g/mol. The number of nitrogens with two attached hydrogens (primary N) is 1. The van der Waals surface area contributed by atoms with Gasteiger partial charge in [0.05, 0.1) is 0 Å². The van der Waals surface area contributed by atoms with E-state index < -0.39 is 12.1 Å². The number of hydrogen-bond acceptors (Lipinski definition) is 2. The Morgan fingerprint density at radius 1 is 1.21 bits per heavy atom. The van der Waals surface area contributed by atoms with E-state index in [2.05, 4.69) is 29.6 Å². The first kappa shape index (κ1) is 18.3. The highest BCUT2D eigenvalue weighted by Gasteiger charge is 2.30. The van der Waals surface area contributed by atoms with Crippen LogP contribution in [0.1, 0.15) is 38.7 Å². The Balaban J connectivity index is 1.80. The van der Waals surface area contributed by atoms with Crippen molar-refractivity contribution in [1.82, 2.24) is 10.2 Å². The van der Waals surface area contributed by atoms with E-state index in [1.807, 2.05) is 24.8 Å². The molecular formula is C19H29N3O2. The first-order valence-electron chi connectivity index (χ1n) is 8.86. The third-order valence-corrected chi connectivity index (χ3v) is 4.84. The molecule has 3 N–H and O–H groups in total. The van der Waals surface area contributed by atoms with Gasteiger partial charge in [-0.1, -0.05) is 44.2 Å². The van der Waals surface area contributed by atoms with Crippen LogP contribution in [0.3, 0.4) is 0 Å². The molecule has 0 bridgehead atoms. The number of aryl methyl sites for hydroxylation is 1. The molecule has 132 valence electrons. The molecule has 1 saturated heterocycles. The predicted octanol–water partition coefficient (Wildman–Crippen LogP) is 2.55. The van der Waals surface area contributed by atoms with Crippen molar-refractivity contribution in [2.24, 2.45) is 17.6 Å². The summed E-state index contributed by atoms with van der Waals surface area (Å²) >= 11 is 0. The molecule has 24 heavy (non-hydrogen) atoms. The minimum atomic E-state index is -0.639. The van der Waals surface area contributed by atoms with Crippen molar-refractivity contribution in [3.63, 3.8) is 0 Å². The van der Waals surface area contributed by atoms with E-state index in [9.17, 15) is 9.59 Å². The number of nitrogens with zero attached hydrogens (tertiary/aromatic N) is 1. The molecule has 1 aliphatic heterocycles. The molecule has 1 heterocycles. The maximum absolute atomic E-state index is 12.6. The van der Waals surface area contributed by atoms with E-state index in [0.29, 0.717) is 5.92 Å². The summed E-state index contributed by atoms with van der Waals surface area (Å²) in [7, 11) is 0. The van der Waals surface area contributed by atoms with Crippen LogP contribution < -0.4 is 11.1 Å². The van der Waals surface area contributed by atoms with E-state index in [-0.39, 0.29) is 11.8 Å². The van der Waals surface area contributed by atoms with Crippen LogP contribution in [0.4, 0.5) is 4.79 Å². The third kappa shape index (κ3) is 5.25. The van der Waals surface area contributed by atoms with Gasteiger partial charge in [-0.15, -0.1) is 0 Å². The molecule has 0 aromatic heterocycles. The number of benzene rings is 1. The summed E-state index contributed by atoms with van der Waals surface area (Å²) in [6.07, 6.45) is 4.32. The minimum absolute atomic E-state index is 0.00897. The van der Waals surface area contributed by atoms with Crippen molar-refractivity contribution in [3.8, 4) is 0 Å². The lowest BCUT2D eigenvalue weighted by atomic mass is 9.90. The Hall–Kier alpha value is -2.04. The quantitative estimate of drug-likeness (QED) is 0.840. The van der Waals surface area contributed by atoms with E-state index in [4.69, 9.17) is 5.73 Å². The summed E-state index contributed by atoms with van der Waals surface area (Å²) in [4.78, 5) is 25.6. The van der Waals surface area contributed by atoms with E-state index in [0.717, 1.165) is 32.4 Å². The fourth-order valence-electron chi connectivity index (χ4n) is 3.32. The van der Waals surface area contributed by atoms with Gasteiger partial charge in [0.2, 0.25) is 5.91 Å². The smallest absolute Gasteiger partial charge is 0.312 e. The molecule has 0 saturated carbocycles. The number of carbonyl (C=O) groups excluding carboxylic acids is 2. The average molecular weight is 331 g/mol. The molecule has 5 nitrogen and oxygen atoms in total. The van der Waals surface area contributed by atoms with Crippen LogP contribution in [0.25, 0.3) is 0 Å². The SMILES string of the molecule is CC(C)C(NC(N)=O)C(=O)N1CCC(CCc2ccccc2)CC1. The molecule has 1 atom stereocenters. The number of rotatable bonds is 6. The van der Waals surface area contributed by atoms with Crippen LogP contribution in [0.15, 0.2) is 30.3 Å². The monoisotopic (exact) mass is 331 g/mol. The van der Waals surface area contributed by atoms with Crippen molar-refractivity contribution < 1.29 is 9.59 Å². The summed E-state index contributed by atoms with van der Waals surface area (Å²) in [5.74, 6) is 0.682. The highest BCUT2D eigenvalue weighted by atomic mass is 16.2. The molecule has 3 amide bonds. The molecule has 1 aromatic rings. The number of hydrogen-bond donors (Lipinski definition) is 2. The Morgan fingerprint density at radius 3 is 2.38 bits per heavy atom. The number of piperidine rings is 1. The molecule has 1 aromatic carbocycles. The first-order chi connectivity index (χ1) is 11.5. The molecule has 1 unspecified atom stereocenters. The van der Waals surface area contributed by atoms with Gasteiger partial charge in [-0.05, 0) is 43.1 Å². The molecule has 2 rings (SSSR count). The Bertz CT molecular complexity index is 537. The number of carbonyl (C=O) groups is 2. The van der Waals surface area contributed by atoms with Crippen LogP contribution in [-0.4, -0.2) is 36.0 Å². The van der Waals surface area contributed by atoms with E-state index in [1.54, 1.807) is 0 Å². The summed E-state index contributed by atoms with van der Waals surface area (Å²) in [5.41, 5.74) is 6.57. The zero-order chi connectivity index (χ0) is 17.5. The number of primary amides is 1. The number of amides is 3.